The Kier molecular flexibility index (Phi) is 12.5. The van der Waals surface area contributed by atoms with Gasteiger partial charge in [0.2, 0.25) is 5.91 Å². The minimum atomic E-state index is -0.714. The number of Topliss-reactive ketones (excluding diaryl/α,β-unsaturated/α-hetero) is 1. The van der Waals surface area contributed by atoms with Gasteiger partial charge in [-0.15, -0.1) is 0 Å². The molecule has 2 aliphatic rings. The van der Waals surface area contributed by atoms with Crippen LogP contribution >= 0.6 is 0 Å². The van der Waals surface area contributed by atoms with Crippen molar-refractivity contribution >= 4 is 23.4 Å². The van der Waals surface area contributed by atoms with Gasteiger partial charge in [0.15, 0.2) is 11.6 Å². The number of allylic oxidation sites excluding steroid dienone is 4. The number of hydrogen-bond acceptors (Lipinski definition) is 6. The number of nitriles is 1. The molecule has 1 N–H and O–H groups in total. The van der Waals surface area contributed by atoms with Crippen molar-refractivity contribution < 1.29 is 23.9 Å². The number of methoxy groups -OCH3 is 1. The van der Waals surface area contributed by atoms with E-state index in [1.807, 2.05) is 19.9 Å². The van der Waals surface area contributed by atoms with E-state index in [1.165, 1.54) is 7.11 Å². The lowest BCUT2D eigenvalue weighted by atomic mass is 9.42. The molecule has 1 saturated carbocycles. The van der Waals surface area contributed by atoms with Crippen LogP contribution in [0.5, 0.6) is 0 Å². The molecule has 7 heteroatoms. The Bertz CT molecular complexity index is 1280. The zero-order chi connectivity index (χ0) is 35.4. The smallest absolute Gasteiger partial charge is 0.325 e. The van der Waals surface area contributed by atoms with Gasteiger partial charge in [0, 0.05) is 17.3 Å². The van der Waals surface area contributed by atoms with E-state index in [2.05, 4.69) is 71.5 Å². The Morgan fingerprint density at radius 3 is 2.17 bits per heavy atom. The molecule has 258 valence electrons. The van der Waals surface area contributed by atoms with E-state index in [1.54, 1.807) is 13.0 Å². The standard InChI is InChI=1S/C39H62N2O5/c1-13-16-34(3,4)19-21-37(9,17-15-31(43)41-26-32(44)46-12)22-20-35(5,6)39(11)18-14-29-36(7,8)33(45)28(25-40)24-38(29,10)30(39)23-27(2)42/h23-24,29H,13-22,26H2,1-12H3,(H,41,43)/b30-23-/t29-,37-,38-,39+/m0/s1. The molecule has 1 fully saturated rings. The van der Waals surface area contributed by atoms with E-state index in [-0.39, 0.29) is 57.2 Å². The maximum absolute atomic E-state index is 13.3. The third-order valence-corrected chi connectivity index (χ3v) is 12.2. The zero-order valence-corrected chi connectivity index (χ0v) is 31.0. The van der Waals surface area contributed by atoms with Crippen molar-refractivity contribution in [3.05, 3.63) is 23.3 Å². The molecule has 0 saturated heterocycles. The molecule has 0 spiro atoms. The van der Waals surface area contributed by atoms with Crippen molar-refractivity contribution in [2.24, 2.45) is 38.4 Å². The summed E-state index contributed by atoms with van der Waals surface area (Å²) in [7, 11) is 1.31. The summed E-state index contributed by atoms with van der Waals surface area (Å²) in [4.78, 5) is 50.5. The molecule has 2 rings (SSSR count). The van der Waals surface area contributed by atoms with E-state index >= 15 is 0 Å². The molecule has 0 aromatic carbocycles. The Hall–Kier alpha value is -2.75. The summed E-state index contributed by atoms with van der Waals surface area (Å²) < 4.78 is 4.67. The third-order valence-electron chi connectivity index (χ3n) is 12.2. The highest BCUT2D eigenvalue weighted by molar-refractivity contribution is 6.04. The third kappa shape index (κ3) is 8.58. The van der Waals surface area contributed by atoms with E-state index in [4.69, 9.17) is 0 Å². The van der Waals surface area contributed by atoms with Gasteiger partial charge in [-0.3, -0.25) is 19.2 Å². The average molecular weight is 639 g/mol. The summed E-state index contributed by atoms with van der Waals surface area (Å²) in [6.07, 6.45) is 12.4. The minimum absolute atomic E-state index is 0.0198. The second-order valence-corrected chi connectivity index (χ2v) is 17.1. The van der Waals surface area contributed by atoms with E-state index in [0.717, 1.165) is 56.9 Å². The van der Waals surface area contributed by atoms with Gasteiger partial charge < -0.3 is 10.1 Å². The molecule has 0 radical (unpaired) electrons. The number of hydrogen-bond donors (Lipinski definition) is 1. The van der Waals surface area contributed by atoms with Gasteiger partial charge in [-0.2, -0.15) is 5.26 Å². The maximum atomic E-state index is 13.3. The van der Waals surface area contributed by atoms with Crippen LogP contribution in [0.1, 0.15) is 140 Å². The molecule has 0 heterocycles. The fourth-order valence-electron chi connectivity index (χ4n) is 8.57. The first-order valence-corrected chi connectivity index (χ1v) is 17.3. The molecular weight excluding hydrogens is 576 g/mol. The van der Waals surface area contributed by atoms with Crippen LogP contribution in [0.3, 0.4) is 0 Å². The van der Waals surface area contributed by atoms with Gasteiger partial charge >= 0.3 is 5.97 Å². The highest BCUT2D eigenvalue weighted by atomic mass is 16.5. The van der Waals surface area contributed by atoms with E-state index < -0.39 is 16.8 Å². The molecule has 1 amide bonds. The van der Waals surface area contributed by atoms with Crippen LogP contribution in [-0.2, 0) is 23.9 Å². The van der Waals surface area contributed by atoms with Crippen LogP contribution in [0.15, 0.2) is 23.3 Å². The predicted octanol–water partition coefficient (Wildman–Crippen LogP) is 8.47. The topological polar surface area (TPSA) is 113 Å². The van der Waals surface area contributed by atoms with Crippen molar-refractivity contribution in [2.75, 3.05) is 13.7 Å². The van der Waals surface area contributed by atoms with Crippen molar-refractivity contribution in [1.29, 1.82) is 5.26 Å². The molecule has 0 aromatic heterocycles. The number of fused-ring (bicyclic) bond motifs is 1. The maximum Gasteiger partial charge on any atom is 0.325 e. The number of ketones is 2. The number of nitrogens with zero attached hydrogens (tertiary/aromatic N) is 1. The summed E-state index contributed by atoms with van der Waals surface area (Å²) in [5.74, 6) is -0.772. The van der Waals surface area contributed by atoms with Crippen LogP contribution in [0, 0.1) is 49.7 Å². The first-order chi connectivity index (χ1) is 21.0. The predicted molar refractivity (Wildman–Crippen MR) is 183 cm³/mol. The Balaban J connectivity index is 2.47. The number of carbonyl (C=O) groups excluding carboxylic acids is 4. The number of nitrogens with one attached hydrogen (secondary N) is 1. The molecular formula is C39H62N2O5. The Labute approximate surface area is 279 Å². The highest BCUT2D eigenvalue weighted by Crippen LogP contribution is 2.67. The van der Waals surface area contributed by atoms with Crippen LogP contribution in [-0.4, -0.2) is 37.1 Å². The lowest BCUT2D eigenvalue weighted by Crippen LogP contribution is -2.55. The largest absolute Gasteiger partial charge is 0.468 e. The SMILES string of the molecule is CCCC(C)(C)CC[C@](C)(CCC(=O)NCC(=O)OC)CCC(C)(C)[C@]1(C)CC[C@H]2C(C)(C)C(=O)C(C#N)=C[C@]2(C)/C1=C/C(C)=O. The van der Waals surface area contributed by atoms with Gasteiger partial charge in [0.1, 0.15) is 12.6 Å². The van der Waals surface area contributed by atoms with Gasteiger partial charge in [0.05, 0.1) is 12.7 Å². The fraction of sp³-hybridized carbons (Fsp3) is 0.769. The second kappa shape index (κ2) is 14.6. The normalized spacial score (nSPS) is 26.8. The molecule has 46 heavy (non-hydrogen) atoms. The second-order valence-electron chi connectivity index (χ2n) is 17.1. The number of amides is 1. The van der Waals surface area contributed by atoms with E-state index in [9.17, 15) is 24.4 Å². The van der Waals surface area contributed by atoms with Crippen molar-refractivity contribution in [2.45, 2.75) is 140 Å². The number of carbonyl (C=O) groups is 4. The zero-order valence-electron chi connectivity index (χ0n) is 31.0. The number of esters is 1. The lowest BCUT2D eigenvalue weighted by Gasteiger charge is -2.61. The summed E-state index contributed by atoms with van der Waals surface area (Å²) >= 11 is 0. The first-order valence-electron chi connectivity index (χ1n) is 17.3. The summed E-state index contributed by atoms with van der Waals surface area (Å²) in [5, 5.41) is 12.7. The van der Waals surface area contributed by atoms with Gasteiger partial charge in [-0.1, -0.05) is 87.3 Å². The van der Waals surface area contributed by atoms with Gasteiger partial charge in [-0.25, -0.2) is 0 Å². The van der Waals surface area contributed by atoms with Crippen molar-refractivity contribution in [3.63, 3.8) is 0 Å². The first kappa shape index (κ1) is 39.4. The average Bonchev–Trinajstić information content (AvgIpc) is 2.96. The van der Waals surface area contributed by atoms with Crippen LogP contribution in [0.25, 0.3) is 0 Å². The summed E-state index contributed by atoms with van der Waals surface area (Å²) in [5.41, 5.74) is -0.620. The van der Waals surface area contributed by atoms with E-state index in [0.29, 0.717) is 12.8 Å². The molecule has 0 aromatic rings. The lowest BCUT2D eigenvalue weighted by molar-refractivity contribution is -0.141. The molecule has 0 unspecified atom stereocenters. The minimum Gasteiger partial charge on any atom is -0.468 e. The van der Waals surface area contributed by atoms with Crippen molar-refractivity contribution in [1.82, 2.24) is 5.32 Å². The molecule has 2 aliphatic carbocycles. The number of rotatable bonds is 15. The van der Waals surface area contributed by atoms with Crippen LogP contribution < -0.4 is 5.32 Å². The molecule has 4 atom stereocenters. The monoisotopic (exact) mass is 638 g/mol. The van der Waals surface area contributed by atoms with Gasteiger partial charge in [0.25, 0.3) is 0 Å². The Morgan fingerprint density at radius 2 is 1.63 bits per heavy atom. The fourth-order valence-corrected chi connectivity index (χ4v) is 8.57. The number of ether oxygens (including phenoxy) is 1. The van der Waals surface area contributed by atoms with Crippen LogP contribution in [0.4, 0.5) is 0 Å². The Morgan fingerprint density at radius 1 is 1.02 bits per heavy atom. The van der Waals surface area contributed by atoms with Crippen LogP contribution in [0.2, 0.25) is 0 Å². The molecule has 7 nitrogen and oxygen atoms in total. The summed E-state index contributed by atoms with van der Waals surface area (Å²) in [6, 6.07) is 2.17. The highest BCUT2D eigenvalue weighted by Gasteiger charge is 2.61. The molecule has 0 aliphatic heterocycles. The quantitative estimate of drug-likeness (QED) is 0.142. The summed E-state index contributed by atoms with van der Waals surface area (Å²) in [6.45, 7) is 23.5. The van der Waals surface area contributed by atoms with Crippen molar-refractivity contribution in [3.8, 4) is 6.07 Å². The van der Waals surface area contributed by atoms with Gasteiger partial charge in [-0.05, 0) is 91.9 Å². The molecule has 0 bridgehead atoms.